The molecule has 35 heavy (non-hydrogen) atoms. The topological polar surface area (TPSA) is 134 Å². The summed E-state index contributed by atoms with van der Waals surface area (Å²) in [7, 11) is 1.57. The molecule has 11 nitrogen and oxygen atoms in total. The molecule has 1 aromatic carbocycles. The summed E-state index contributed by atoms with van der Waals surface area (Å²) in [6.45, 7) is 7.35. The predicted octanol–water partition coefficient (Wildman–Crippen LogP) is 2.30. The fourth-order valence-electron chi connectivity index (χ4n) is 3.34. The first-order chi connectivity index (χ1) is 16.4. The summed E-state index contributed by atoms with van der Waals surface area (Å²) >= 11 is 0. The number of hydrogen-bond donors (Lipinski definition) is 2. The second-order valence-corrected chi connectivity index (χ2v) is 9.05. The molecule has 0 atom stereocenters. The lowest BCUT2D eigenvalue weighted by Crippen LogP contribution is -2.39. The van der Waals surface area contributed by atoms with Gasteiger partial charge in [0.2, 0.25) is 11.8 Å². The number of benzene rings is 1. The quantitative estimate of drug-likeness (QED) is 0.401. The van der Waals surface area contributed by atoms with Crippen LogP contribution in [-0.4, -0.2) is 73.6 Å². The minimum atomic E-state index is -0.600. The summed E-state index contributed by atoms with van der Waals surface area (Å²) in [5.41, 5.74) is 0.456. The Kier molecular flexibility index (Phi) is 9.61. The second kappa shape index (κ2) is 12.2. The van der Waals surface area contributed by atoms with Crippen LogP contribution >= 0.6 is 0 Å². The van der Waals surface area contributed by atoms with Gasteiger partial charge in [-0.1, -0.05) is 0 Å². The number of esters is 1. The maximum absolute atomic E-state index is 13.1. The average Bonchev–Trinajstić information content (AvgIpc) is 2.85. The van der Waals surface area contributed by atoms with E-state index in [-0.39, 0.29) is 56.5 Å². The highest BCUT2D eigenvalue weighted by atomic mass is 16.6. The zero-order valence-corrected chi connectivity index (χ0v) is 20.9. The lowest BCUT2D eigenvalue weighted by molar-refractivity contribution is -0.143. The minimum absolute atomic E-state index is 0.0281. The first-order valence-electron chi connectivity index (χ1n) is 11.5. The highest BCUT2D eigenvalue weighted by Crippen LogP contribution is 2.28. The van der Waals surface area contributed by atoms with Gasteiger partial charge >= 0.3 is 12.1 Å². The first kappa shape index (κ1) is 27.6. The normalized spacial score (nSPS) is 13.6. The van der Waals surface area contributed by atoms with E-state index in [1.807, 2.05) is 0 Å². The Morgan fingerprint density at radius 2 is 1.83 bits per heavy atom. The van der Waals surface area contributed by atoms with E-state index in [4.69, 9.17) is 9.47 Å². The van der Waals surface area contributed by atoms with Crippen molar-refractivity contribution in [2.75, 3.05) is 43.5 Å². The number of ether oxygens (including phenoxy) is 2. The second-order valence-electron chi connectivity index (χ2n) is 9.05. The number of hydrogen-bond acceptors (Lipinski definition) is 7. The fraction of sp³-hybridized carbons (Fsp3) is 0.542. The van der Waals surface area contributed by atoms with Gasteiger partial charge in [-0.25, -0.2) is 4.79 Å². The highest BCUT2D eigenvalue weighted by Gasteiger charge is 2.30. The van der Waals surface area contributed by atoms with Crippen LogP contribution in [0.15, 0.2) is 18.2 Å². The summed E-state index contributed by atoms with van der Waals surface area (Å²) < 4.78 is 10.0. The number of rotatable bonds is 9. The molecule has 11 heteroatoms. The maximum atomic E-state index is 13.1. The number of nitrogens with zero attached hydrogens (tertiary/aromatic N) is 2. The number of alkyl carbamates (subject to hydrolysis) is 1. The Bertz CT molecular complexity index is 971. The molecule has 0 saturated carbocycles. The molecule has 4 amide bonds. The SMILES string of the molecule is CCOC(=O)CCN1CC(=O)N(C)c2ccc(NC(=O)CCCNC(=O)OC(C)(C)C)cc2C1=O. The van der Waals surface area contributed by atoms with Gasteiger partial charge in [0.05, 0.1) is 24.3 Å². The van der Waals surface area contributed by atoms with Crippen LogP contribution in [0, 0.1) is 0 Å². The van der Waals surface area contributed by atoms with E-state index in [1.54, 1.807) is 46.9 Å². The third kappa shape index (κ3) is 8.58. The molecule has 192 valence electrons. The van der Waals surface area contributed by atoms with Crippen molar-refractivity contribution in [2.24, 2.45) is 0 Å². The van der Waals surface area contributed by atoms with Gasteiger partial charge in [0.1, 0.15) is 12.1 Å². The van der Waals surface area contributed by atoms with Crippen LogP contribution in [0.4, 0.5) is 16.2 Å². The molecule has 1 aliphatic rings. The number of anilines is 2. The molecule has 2 N–H and O–H groups in total. The van der Waals surface area contributed by atoms with E-state index in [2.05, 4.69) is 10.6 Å². The summed E-state index contributed by atoms with van der Waals surface area (Å²) in [6.07, 6.45) is -0.0355. The molecule has 1 heterocycles. The summed E-state index contributed by atoms with van der Waals surface area (Å²) in [5.74, 6) is -1.46. The molecule has 0 saturated heterocycles. The van der Waals surface area contributed by atoms with Crippen LogP contribution in [-0.2, 0) is 23.9 Å². The maximum Gasteiger partial charge on any atom is 0.407 e. The molecule has 0 radical (unpaired) electrons. The lowest BCUT2D eigenvalue weighted by atomic mass is 10.1. The van der Waals surface area contributed by atoms with E-state index in [1.165, 1.54) is 15.9 Å². The number of carbonyl (C=O) groups excluding carboxylic acids is 5. The van der Waals surface area contributed by atoms with Gasteiger partial charge in [-0.15, -0.1) is 0 Å². The number of likely N-dealkylation sites (N-methyl/N-ethyl adjacent to an activating group) is 1. The Balaban J connectivity index is 2.00. The number of fused-ring (bicyclic) bond motifs is 1. The van der Waals surface area contributed by atoms with Crippen LogP contribution in [0.1, 0.15) is 57.3 Å². The van der Waals surface area contributed by atoms with Gasteiger partial charge in [-0.3, -0.25) is 19.2 Å². The van der Waals surface area contributed by atoms with Crippen molar-refractivity contribution < 1.29 is 33.4 Å². The van der Waals surface area contributed by atoms with Crippen molar-refractivity contribution in [3.63, 3.8) is 0 Å². The van der Waals surface area contributed by atoms with Gasteiger partial charge in [-0.05, 0) is 52.3 Å². The van der Waals surface area contributed by atoms with Crippen LogP contribution in [0.2, 0.25) is 0 Å². The Hall–Kier alpha value is -3.63. The van der Waals surface area contributed by atoms with Crippen molar-refractivity contribution in [3.05, 3.63) is 23.8 Å². The Morgan fingerprint density at radius 1 is 1.11 bits per heavy atom. The smallest absolute Gasteiger partial charge is 0.407 e. The first-order valence-corrected chi connectivity index (χ1v) is 11.5. The van der Waals surface area contributed by atoms with Crippen molar-refractivity contribution >= 4 is 41.2 Å². The summed E-state index contributed by atoms with van der Waals surface area (Å²) in [4.78, 5) is 64.1. The van der Waals surface area contributed by atoms with Crippen LogP contribution < -0.4 is 15.5 Å². The molecule has 0 aromatic heterocycles. The Morgan fingerprint density at radius 3 is 2.49 bits per heavy atom. The molecule has 0 fully saturated rings. The monoisotopic (exact) mass is 490 g/mol. The lowest BCUT2D eigenvalue weighted by Gasteiger charge is -2.19. The molecule has 2 rings (SSSR count). The molecule has 0 unspecified atom stereocenters. The van der Waals surface area contributed by atoms with Crippen molar-refractivity contribution in [3.8, 4) is 0 Å². The molecule has 1 aliphatic heterocycles. The van der Waals surface area contributed by atoms with Crippen molar-refractivity contribution in [2.45, 2.75) is 52.6 Å². The van der Waals surface area contributed by atoms with Gasteiger partial charge in [0, 0.05) is 32.2 Å². The summed E-state index contributed by atoms with van der Waals surface area (Å²) in [6, 6.07) is 4.72. The largest absolute Gasteiger partial charge is 0.466 e. The van der Waals surface area contributed by atoms with Crippen LogP contribution in [0.5, 0.6) is 0 Å². The van der Waals surface area contributed by atoms with E-state index < -0.39 is 23.6 Å². The van der Waals surface area contributed by atoms with E-state index >= 15 is 0 Å². The predicted molar refractivity (Wildman–Crippen MR) is 129 cm³/mol. The molecule has 1 aromatic rings. The standard InChI is InChI=1S/C24H34N4O7/c1-6-34-21(31)11-13-28-15-20(30)27(5)18-10-9-16(14-17(18)22(28)32)26-19(29)8-7-12-25-23(33)35-24(2,3)4/h9-10,14H,6-8,11-13,15H2,1-5H3,(H,25,33)(H,26,29). The van der Waals surface area contributed by atoms with Gasteiger partial charge in [-0.2, -0.15) is 0 Å². The van der Waals surface area contributed by atoms with E-state index in [0.717, 1.165) is 0 Å². The molecular weight excluding hydrogens is 456 g/mol. The van der Waals surface area contributed by atoms with Crippen molar-refractivity contribution in [1.82, 2.24) is 10.2 Å². The number of amides is 4. The Labute approximate surface area is 205 Å². The van der Waals surface area contributed by atoms with Gasteiger partial charge in [0.15, 0.2) is 0 Å². The third-order valence-electron chi connectivity index (χ3n) is 5.00. The number of nitrogens with one attached hydrogen (secondary N) is 2. The number of carbonyl (C=O) groups is 5. The molecular formula is C24H34N4O7. The van der Waals surface area contributed by atoms with E-state index in [0.29, 0.717) is 17.8 Å². The zero-order chi connectivity index (χ0) is 26.2. The summed E-state index contributed by atoms with van der Waals surface area (Å²) in [5, 5.41) is 5.33. The van der Waals surface area contributed by atoms with Gasteiger partial charge in [0.25, 0.3) is 5.91 Å². The van der Waals surface area contributed by atoms with Gasteiger partial charge < -0.3 is 29.9 Å². The average molecular weight is 491 g/mol. The van der Waals surface area contributed by atoms with E-state index in [9.17, 15) is 24.0 Å². The molecule has 0 bridgehead atoms. The minimum Gasteiger partial charge on any atom is -0.466 e. The zero-order valence-electron chi connectivity index (χ0n) is 20.9. The molecule has 0 spiro atoms. The highest BCUT2D eigenvalue weighted by molar-refractivity contribution is 6.10. The third-order valence-corrected chi connectivity index (χ3v) is 5.00. The fourth-order valence-corrected chi connectivity index (χ4v) is 3.34. The van der Waals surface area contributed by atoms with Crippen molar-refractivity contribution in [1.29, 1.82) is 0 Å². The van der Waals surface area contributed by atoms with Crippen LogP contribution in [0.3, 0.4) is 0 Å². The molecule has 0 aliphatic carbocycles. The van der Waals surface area contributed by atoms with Crippen LogP contribution in [0.25, 0.3) is 0 Å².